The molecule has 0 aliphatic rings. The number of H-pyrrole nitrogens is 1. The van der Waals surface area contributed by atoms with Crippen LogP contribution in [0.3, 0.4) is 0 Å². The monoisotopic (exact) mass is 287 g/mol. The minimum absolute atomic E-state index is 0.127. The molecule has 0 bridgehead atoms. The summed E-state index contributed by atoms with van der Waals surface area (Å²) in [6, 6.07) is 0. The maximum Gasteiger partial charge on any atom is 0.224 e. The molecule has 21 heavy (non-hydrogen) atoms. The molecule has 110 valence electrons. The Labute approximate surface area is 121 Å². The van der Waals surface area contributed by atoms with Gasteiger partial charge in [0.2, 0.25) is 5.95 Å². The number of nitrogens with zero attached hydrogens (tertiary/aromatic N) is 6. The highest BCUT2D eigenvalue weighted by atomic mass is 15.2. The highest BCUT2D eigenvalue weighted by Gasteiger charge is 2.11. The topological polar surface area (TPSA) is 128 Å². The van der Waals surface area contributed by atoms with Crippen molar-refractivity contribution >= 4 is 22.9 Å². The molecule has 0 spiro atoms. The molecule has 9 heteroatoms. The summed E-state index contributed by atoms with van der Waals surface area (Å²) in [5.74, 6) is 1.20. The average molecular weight is 287 g/mol. The first-order valence-corrected chi connectivity index (χ1v) is 6.45. The molecule has 3 aromatic rings. The second-order valence-corrected chi connectivity index (χ2v) is 5.04. The lowest BCUT2D eigenvalue weighted by molar-refractivity contribution is 0.312. The van der Waals surface area contributed by atoms with E-state index in [9.17, 15) is 0 Å². The number of aromatic amines is 1. The minimum atomic E-state index is 0.127. The summed E-state index contributed by atoms with van der Waals surface area (Å²) in [7, 11) is 3.90. The van der Waals surface area contributed by atoms with Crippen LogP contribution in [0.5, 0.6) is 0 Å². The Kier molecular flexibility index (Phi) is 3.18. The molecule has 0 aliphatic heterocycles. The summed E-state index contributed by atoms with van der Waals surface area (Å²) in [5, 5.41) is 4.15. The average Bonchev–Trinajstić information content (AvgIpc) is 2.95. The fraction of sp³-hybridized carbons (Fsp3) is 0.333. The molecular weight excluding hydrogens is 270 g/mol. The van der Waals surface area contributed by atoms with Crippen LogP contribution in [0, 0.1) is 0 Å². The predicted octanol–water partition coefficient (Wildman–Crippen LogP) is -0.117. The Morgan fingerprint density at radius 1 is 1.24 bits per heavy atom. The molecule has 0 aliphatic carbocycles. The van der Waals surface area contributed by atoms with Crippen LogP contribution in [0.15, 0.2) is 12.4 Å². The zero-order valence-corrected chi connectivity index (χ0v) is 11.9. The molecule has 0 atom stereocenters. The van der Waals surface area contributed by atoms with Crippen LogP contribution in [-0.4, -0.2) is 41.7 Å². The first-order valence-electron chi connectivity index (χ1n) is 6.45. The van der Waals surface area contributed by atoms with Crippen molar-refractivity contribution in [2.45, 2.75) is 13.1 Å². The number of nitrogens with two attached hydrogens (primary N) is 2. The van der Waals surface area contributed by atoms with Gasteiger partial charge < -0.3 is 16.5 Å². The third-order valence-electron chi connectivity index (χ3n) is 3.08. The van der Waals surface area contributed by atoms with Gasteiger partial charge >= 0.3 is 0 Å². The first kappa shape index (κ1) is 13.3. The van der Waals surface area contributed by atoms with Crippen LogP contribution in [0.2, 0.25) is 0 Å². The lowest BCUT2D eigenvalue weighted by Gasteiger charge is -2.13. The number of aromatic nitrogens is 6. The smallest absolute Gasteiger partial charge is 0.224 e. The number of hydrogen-bond acceptors (Lipinski definition) is 7. The molecule has 0 aromatic carbocycles. The summed E-state index contributed by atoms with van der Waals surface area (Å²) in [4.78, 5) is 17.6. The Morgan fingerprint density at radius 3 is 2.76 bits per heavy atom. The van der Waals surface area contributed by atoms with Crippen LogP contribution in [0.1, 0.15) is 11.4 Å². The quantitative estimate of drug-likeness (QED) is 0.610. The first-order chi connectivity index (χ1) is 10.0. The number of imidazole rings is 1. The van der Waals surface area contributed by atoms with Crippen molar-refractivity contribution < 1.29 is 0 Å². The Morgan fingerprint density at radius 2 is 2.05 bits per heavy atom. The van der Waals surface area contributed by atoms with Gasteiger partial charge in [0.25, 0.3) is 0 Å². The van der Waals surface area contributed by atoms with Gasteiger partial charge in [0.15, 0.2) is 11.5 Å². The Balaban J connectivity index is 1.76. The molecule has 0 saturated heterocycles. The third kappa shape index (κ3) is 2.77. The summed E-state index contributed by atoms with van der Waals surface area (Å²) < 4.78 is 1.78. The van der Waals surface area contributed by atoms with Crippen molar-refractivity contribution in [2.24, 2.45) is 7.05 Å². The molecule has 3 heterocycles. The number of aryl methyl sites for hydroxylation is 1. The lowest BCUT2D eigenvalue weighted by atomic mass is 10.3. The fourth-order valence-corrected chi connectivity index (χ4v) is 2.24. The van der Waals surface area contributed by atoms with Gasteiger partial charge in [-0.15, -0.1) is 0 Å². The van der Waals surface area contributed by atoms with Gasteiger partial charge in [0.05, 0.1) is 12.7 Å². The van der Waals surface area contributed by atoms with Gasteiger partial charge in [0.1, 0.15) is 11.3 Å². The van der Waals surface area contributed by atoms with E-state index in [4.69, 9.17) is 11.5 Å². The van der Waals surface area contributed by atoms with Crippen LogP contribution >= 0.6 is 0 Å². The van der Waals surface area contributed by atoms with E-state index in [0.29, 0.717) is 23.5 Å². The summed E-state index contributed by atoms with van der Waals surface area (Å²) in [6.07, 6.45) is 3.83. The number of rotatable bonds is 4. The zero-order chi connectivity index (χ0) is 15.0. The van der Waals surface area contributed by atoms with Gasteiger partial charge in [-0.1, -0.05) is 0 Å². The summed E-state index contributed by atoms with van der Waals surface area (Å²) >= 11 is 0. The van der Waals surface area contributed by atoms with E-state index in [1.54, 1.807) is 4.68 Å². The Bertz CT molecular complexity index is 772. The van der Waals surface area contributed by atoms with E-state index in [1.807, 2.05) is 26.5 Å². The summed E-state index contributed by atoms with van der Waals surface area (Å²) in [6.45, 7) is 1.40. The molecule has 5 N–H and O–H groups in total. The molecule has 0 unspecified atom stereocenters. The minimum Gasteiger partial charge on any atom is -0.382 e. The molecule has 0 fully saturated rings. The van der Waals surface area contributed by atoms with E-state index in [-0.39, 0.29) is 5.95 Å². The second-order valence-electron chi connectivity index (χ2n) is 5.04. The highest BCUT2D eigenvalue weighted by Crippen LogP contribution is 2.16. The number of nitrogens with one attached hydrogen (secondary N) is 1. The van der Waals surface area contributed by atoms with E-state index in [2.05, 4.69) is 29.9 Å². The van der Waals surface area contributed by atoms with Crippen molar-refractivity contribution in [1.29, 1.82) is 0 Å². The van der Waals surface area contributed by atoms with Crippen LogP contribution in [0.4, 0.5) is 11.8 Å². The van der Waals surface area contributed by atoms with E-state index < -0.39 is 0 Å². The molecule has 0 amide bonds. The highest BCUT2D eigenvalue weighted by molar-refractivity contribution is 5.82. The Hall–Kier alpha value is -2.68. The second kappa shape index (κ2) is 5.02. The van der Waals surface area contributed by atoms with Crippen molar-refractivity contribution in [2.75, 3.05) is 18.5 Å². The number of anilines is 2. The molecule has 9 nitrogen and oxygen atoms in total. The molecular formula is C12H17N9. The van der Waals surface area contributed by atoms with E-state index in [1.165, 1.54) is 0 Å². The van der Waals surface area contributed by atoms with Gasteiger partial charge in [-0.05, 0) is 7.05 Å². The molecule has 0 saturated carbocycles. The number of nitrogen functional groups attached to an aromatic ring is 2. The van der Waals surface area contributed by atoms with E-state index >= 15 is 0 Å². The third-order valence-corrected chi connectivity index (χ3v) is 3.08. The van der Waals surface area contributed by atoms with Crippen LogP contribution < -0.4 is 11.5 Å². The standard InChI is InChI=1S/C12H17N9/c1-20(4-7-3-15-21(2)5-7)6-8-16-9-10(13)18-12(14)19-11(9)17-8/h3,5H,4,6H2,1-2H3,(H5,13,14,16,17,18,19). The van der Waals surface area contributed by atoms with Crippen molar-refractivity contribution in [3.63, 3.8) is 0 Å². The van der Waals surface area contributed by atoms with Gasteiger partial charge in [-0.25, -0.2) is 4.98 Å². The number of fused-ring (bicyclic) bond motifs is 1. The van der Waals surface area contributed by atoms with Crippen molar-refractivity contribution in [1.82, 2.24) is 34.6 Å². The lowest BCUT2D eigenvalue weighted by Crippen LogP contribution is -2.17. The molecule has 3 rings (SSSR count). The van der Waals surface area contributed by atoms with Crippen LogP contribution in [-0.2, 0) is 20.1 Å². The van der Waals surface area contributed by atoms with Crippen LogP contribution in [0.25, 0.3) is 11.2 Å². The molecule has 3 aromatic heterocycles. The van der Waals surface area contributed by atoms with Crippen molar-refractivity contribution in [3.05, 3.63) is 23.8 Å². The number of hydrogen-bond donors (Lipinski definition) is 3. The fourth-order valence-electron chi connectivity index (χ4n) is 2.24. The summed E-state index contributed by atoms with van der Waals surface area (Å²) in [5.41, 5.74) is 13.6. The van der Waals surface area contributed by atoms with E-state index in [0.717, 1.165) is 17.9 Å². The molecule has 0 radical (unpaired) electrons. The largest absolute Gasteiger partial charge is 0.382 e. The van der Waals surface area contributed by atoms with Gasteiger partial charge in [-0.2, -0.15) is 15.1 Å². The zero-order valence-electron chi connectivity index (χ0n) is 11.9. The maximum atomic E-state index is 5.80. The maximum absolute atomic E-state index is 5.80. The van der Waals surface area contributed by atoms with Gasteiger partial charge in [0, 0.05) is 25.4 Å². The van der Waals surface area contributed by atoms with Crippen molar-refractivity contribution in [3.8, 4) is 0 Å². The predicted molar refractivity (Wildman–Crippen MR) is 78.9 cm³/mol. The SMILES string of the molecule is CN(Cc1cnn(C)c1)Cc1nc2nc(N)nc(N)c2[nH]1. The normalized spacial score (nSPS) is 11.6. The van der Waals surface area contributed by atoms with Gasteiger partial charge in [-0.3, -0.25) is 9.58 Å².